The third kappa shape index (κ3) is 9.45. The van der Waals surface area contributed by atoms with Crippen LogP contribution in [0.15, 0.2) is 51.8 Å². The lowest BCUT2D eigenvalue weighted by molar-refractivity contribution is -0.384. The van der Waals surface area contributed by atoms with Crippen LogP contribution in [-0.4, -0.2) is 23.8 Å². The van der Waals surface area contributed by atoms with E-state index in [2.05, 4.69) is 23.8 Å². The average Bonchev–Trinajstić information content (AvgIpc) is 3.12. The first-order chi connectivity index (χ1) is 16.5. The molecule has 2 rings (SSSR count). The number of carbonyl (C=O) groups excluding carboxylic acids is 2. The van der Waals surface area contributed by atoms with Crippen molar-refractivity contribution in [2.75, 3.05) is 7.11 Å². The van der Waals surface area contributed by atoms with Crippen LogP contribution in [0.3, 0.4) is 0 Å². The van der Waals surface area contributed by atoms with Crippen LogP contribution >= 0.6 is 11.8 Å². The minimum absolute atomic E-state index is 0.0461. The van der Waals surface area contributed by atoms with Crippen molar-refractivity contribution >= 4 is 29.2 Å². The van der Waals surface area contributed by atoms with Crippen molar-refractivity contribution in [1.29, 1.82) is 0 Å². The van der Waals surface area contributed by atoms with Crippen LogP contribution in [0.2, 0.25) is 0 Å². The van der Waals surface area contributed by atoms with Crippen LogP contribution in [0, 0.1) is 16.0 Å². The van der Waals surface area contributed by atoms with E-state index in [1.165, 1.54) is 63.1 Å². The summed E-state index contributed by atoms with van der Waals surface area (Å²) in [5.41, 5.74) is 0.927. The van der Waals surface area contributed by atoms with Gasteiger partial charge in [0, 0.05) is 34.9 Å². The number of nitro benzene ring substituents is 1. The number of non-ortho nitro benzene ring substituents is 1. The number of thioether (sulfide) groups is 1. The SMILES string of the molecule is CCCCCCCC[C@@H]1C=C(Sc2ccc([N+](=O)[O-])cc2)C(=O)/C1=C/CCCCCC(=O)OC. The zero-order chi connectivity index (χ0) is 24.8. The van der Waals surface area contributed by atoms with Gasteiger partial charge in [0.15, 0.2) is 5.78 Å². The standard InChI is InChI=1S/C27H37NO5S/c1-3-4-5-6-7-10-13-21-20-25(34-23-18-16-22(17-19-23)28(31)32)27(30)24(21)14-11-8-9-12-15-26(29)33-2/h14,16-21H,3-13,15H2,1-2H3/b24-14+/t21-/m1/s1. The summed E-state index contributed by atoms with van der Waals surface area (Å²) in [6.45, 7) is 2.21. The number of esters is 1. The van der Waals surface area contributed by atoms with Crippen LogP contribution < -0.4 is 0 Å². The highest BCUT2D eigenvalue weighted by Crippen LogP contribution is 2.40. The maximum atomic E-state index is 13.2. The number of unbranched alkanes of at least 4 members (excludes halogenated alkanes) is 8. The maximum absolute atomic E-state index is 13.2. The lowest BCUT2D eigenvalue weighted by atomic mass is 9.94. The van der Waals surface area contributed by atoms with Gasteiger partial charge in [0.05, 0.1) is 16.9 Å². The molecule has 34 heavy (non-hydrogen) atoms. The summed E-state index contributed by atoms with van der Waals surface area (Å²) in [5.74, 6) is 0.0311. The van der Waals surface area contributed by atoms with Gasteiger partial charge in [-0.25, -0.2) is 0 Å². The molecule has 1 aliphatic rings. The quantitative estimate of drug-likeness (QED) is 0.0785. The van der Waals surface area contributed by atoms with E-state index in [1.54, 1.807) is 12.1 Å². The van der Waals surface area contributed by atoms with Gasteiger partial charge in [-0.15, -0.1) is 0 Å². The molecule has 0 saturated carbocycles. The fourth-order valence-electron chi connectivity index (χ4n) is 4.08. The minimum Gasteiger partial charge on any atom is -0.469 e. The van der Waals surface area contributed by atoms with E-state index in [0.29, 0.717) is 11.3 Å². The minimum atomic E-state index is -0.420. The normalized spacial score (nSPS) is 16.6. The molecule has 0 radical (unpaired) electrons. The van der Waals surface area contributed by atoms with Crippen molar-refractivity contribution in [2.45, 2.75) is 88.9 Å². The Kier molecular flexibility index (Phi) is 12.7. The predicted molar refractivity (Wildman–Crippen MR) is 137 cm³/mol. The Bertz CT molecular complexity index is 876. The van der Waals surface area contributed by atoms with E-state index in [9.17, 15) is 19.7 Å². The molecule has 0 saturated heterocycles. The molecule has 0 unspecified atom stereocenters. The van der Waals surface area contributed by atoms with Crippen LogP contribution in [0.4, 0.5) is 5.69 Å². The molecule has 186 valence electrons. The number of ether oxygens (including phenoxy) is 1. The second-order valence-electron chi connectivity index (χ2n) is 8.71. The Labute approximate surface area is 207 Å². The number of methoxy groups -OCH3 is 1. The summed E-state index contributed by atoms with van der Waals surface area (Å²) in [7, 11) is 1.40. The fourth-order valence-corrected chi connectivity index (χ4v) is 5.05. The van der Waals surface area contributed by atoms with Gasteiger partial charge < -0.3 is 4.74 Å². The Morgan fingerprint density at radius 3 is 2.41 bits per heavy atom. The van der Waals surface area contributed by atoms with E-state index < -0.39 is 4.92 Å². The molecule has 0 amide bonds. The molecule has 1 aromatic rings. The van der Waals surface area contributed by atoms with Crippen molar-refractivity contribution in [3.05, 3.63) is 57.0 Å². The summed E-state index contributed by atoms with van der Waals surface area (Å²) in [6, 6.07) is 6.34. The number of hydrogen-bond acceptors (Lipinski definition) is 6. The van der Waals surface area contributed by atoms with Crippen LogP contribution in [-0.2, 0) is 14.3 Å². The number of nitrogens with zero attached hydrogens (tertiary/aromatic N) is 1. The lowest BCUT2D eigenvalue weighted by Gasteiger charge is -2.10. The Morgan fingerprint density at radius 2 is 1.74 bits per heavy atom. The van der Waals surface area contributed by atoms with Crippen molar-refractivity contribution in [3.63, 3.8) is 0 Å². The highest BCUT2D eigenvalue weighted by molar-refractivity contribution is 8.04. The molecule has 0 bridgehead atoms. The number of nitro groups is 1. The lowest BCUT2D eigenvalue weighted by Crippen LogP contribution is -2.05. The van der Waals surface area contributed by atoms with E-state index in [4.69, 9.17) is 0 Å². The Hall–Kier alpha value is -2.41. The van der Waals surface area contributed by atoms with E-state index in [1.807, 2.05) is 0 Å². The topological polar surface area (TPSA) is 86.5 Å². The van der Waals surface area contributed by atoms with Gasteiger partial charge in [0.1, 0.15) is 0 Å². The van der Waals surface area contributed by atoms with E-state index in [0.717, 1.165) is 49.0 Å². The highest BCUT2D eigenvalue weighted by atomic mass is 32.2. The van der Waals surface area contributed by atoms with Crippen molar-refractivity contribution in [3.8, 4) is 0 Å². The Balaban J connectivity index is 1.97. The molecule has 6 nitrogen and oxygen atoms in total. The summed E-state index contributed by atoms with van der Waals surface area (Å²) >= 11 is 1.39. The molecule has 1 aliphatic carbocycles. The van der Waals surface area contributed by atoms with Crippen LogP contribution in [0.25, 0.3) is 0 Å². The molecule has 1 aromatic carbocycles. The number of allylic oxidation sites excluding steroid dienone is 4. The van der Waals surface area contributed by atoms with Gasteiger partial charge in [-0.05, 0) is 37.8 Å². The zero-order valence-corrected chi connectivity index (χ0v) is 21.2. The number of benzene rings is 1. The number of ketones is 1. The second kappa shape index (κ2) is 15.5. The average molecular weight is 488 g/mol. The molecule has 0 spiro atoms. The molecular weight excluding hydrogens is 450 g/mol. The first-order valence-electron chi connectivity index (χ1n) is 12.4. The van der Waals surface area contributed by atoms with Crippen molar-refractivity contribution in [2.24, 2.45) is 5.92 Å². The smallest absolute Gasteiger partial charge is 0.305 e. The number of Topliss-reactive ketones (excluding diaryl/α,β-unsaturated/α-hetero) is 1. The Morgan fingerprint density at radius 1 is 1.06 bits per heavy atom. The third-order valence-corrected chi connectivity index (χ3v) is 7.11. The van der Waals surface area contributed by atoms with E-state index in [-0.39, 0.29) is 23.4 Å². The fraction of sp³-hybridized carbons (Fsp3) is 0.556. The van der Waals surface area contributed by atoms with Gasteiger partial charge in [-0.2, -0.15) is 0 Å². The molecular formula is C27H37NO5S. The first kappa shape index (κ1) is 27.8. The zero-order valence-electron chi connectivity index (χ0n) is 20.4. The number of hydrogen-bond donors (Lipinski definition) is 0. The first-order valence-corrected chi connectivity index (χ1v) is 13.2. The number of carbonyl (C=O) groups is 2. The molecule has 0 heterocycles. The predicted octanol–water partition coefficient (Wildman–Crippen LogP) is 7.57. The van der Waals surface area contributed by atoms with Gasteiger partial charge in [-0.3, -0.25) is 19.7 Å². The summed E-state index contributed by atoms with van der Waals surface area (Å²) in [4.78, 5) is 36.4. The highest BCUT2D eigenvalue weighted by Gasteiger charge is 2.30. The molecule has 0 N–H and O–H groups in total. The van der Waals surface area contributed by atoms with Gasteiger partial charge in [0.2, 0.25) is 0 Å². The van der Waals surface area contributed by atoms with Gasteiger partial charge in [-0.1, -0.05) is 75.8 Å². The van der Waals surface area contributed by atoms with Gasteiger partial charge in [0.25, 0.3) is 5.69 Å². The monoisotopic (exact) mass is 487 g/mol. The van der Waals surface area contributed by atoms with Crippen molar-refractivity contribution < 1.29 is 19.2 Å². The van der Waals surface area contributed by atoms with Crippen LogP contribution in [0.5, 0.6) is 0 Å². The molecule has 0 fully saturated rings. The van der Waals surface area contributed by atoms with E-state index >= 15 is 0 Å². The summed E-state index contributed by atoms with van der Waals surface area (Å²) in [5, 5.41) is 10.9. The summed E-state index contributed by atoms with van der Waals surface area (Å²) < 4.78 is 4.68. The second-order valence-corrected chi connectivity index (χ2v) is 9.83. The third-order valence-electron chi connectivity index (χ3n) is 6.06. The van der Waals surface area contributed by atoms with Crippen molar-refractivity contribution in [1.82, 2.24) is 0 Å². The molecule has 7 heteroatoms. The maximum Gasteiger partial charge on any atom is 0.305 e. The molecule has 0 aromatic heterocycles. The van der Waals surface area contributed by atoms with Gasteiger partial charge >= 0.3 is 5.97 Å². The number of rotatable bonds is 16. The molecule has 1 atom stereocenters. The molecule has 0 aliphatic heterocycles. The summed E-state index contributed by atoms with van der Waals surface area (Å²) in [6.07, 6.45) is 16.3. The largest absolute Gasteiger partial charge is 0.469 e. The van der Waals surface area contributed by atoms with Crippen LogP contribution in [0.1, 0.15) is 84.0 Å².